The van der Waals surface area contributed by atoms with Gasteiger partial charge >= 0.3 is 0 Å². The van der Waals surface area contributed by atoms with E-state index < -0.39 is 0 Å². The van der Waals surface area contributed by atoms with Gasteiger partial charge in [0, 0.05) is 6.54 Å². The quantitative estimate of drug-likeness (QED) is 0.847. The van der Waals surface area contributed by atoms with Crippen molar-refractivity contribution in [1.82, 2.24) is 9.55 Å². The molecule has 1 aliphatic rings. The zero-order valence-corrected chi connectivity index (χ0v) is 11.3. The number of aromatic nitrogens is 2. The van der Waals surface area contributed by atoms with Gasteiger partial charge in [-0.3, -0.25) is 9.36 Å². The molecule has 0 aromatic carbocycles. The molecule has 1 aliphatic carbocycles. The monoisotopic (exact) mass is 266 g/mol. The Bertz CT molecular complexity index is 676. The number of hydrogen-bond donors (Lipinski definition) is 1. The van der Waals surface area contributed by atoms with Gasteiger partial charge in [-0.25, -0.2) is 0 Å². The molecule has 0 spiro atoms. The Hall–Kier alpha value is -0.940. The number of aromatic amines is 1. The van der Waals surface area contributed by atoms with Gasteiger partial charge in [-0.15, -0.1) is 11.3 Å². The predicted molar refractivity (Wildman–Crippen MR) is 73.2 cm³/mol. The van der Waals surface area contributed by atoms with Crippen molar-refractivity contribution >= 4 is 33.8 Å². The summed E-state index contributed by atoms with van der Waals surface area (Å²) in [5, 5.41) is 2.68. The summed E-state index contributed by atoms with van der Waals surface area (Å²) in [6, 6.07) is 1.87. The second-order valence-corrected chi connectivity index (χ2v) is 6.45. The van der Waals surface area contributed by atoms with E-state index in [2.05, 4.69) is 11.9 Å². The third kappa shape index (κ3) is 1.77. The first-order valence-electron chi connectivity index (χ1n) is 5.79. The Balaban J connectivity index is 2.15. The summed E-state index contributed by atoms with van der Waals surface area (Å²) in [7, 11) is 0. The van der Waals surface area contributed by atoms with Crippen molar-refractivity contribution in [2.45, 2.75) is 32.7 Å². The first kappa shape index (κ1) is 11.2. The van der Waals surface area contributed by atoms with Crippen LogP contribution in [0, 0.1) is 10.2 Å². The van der Waals surface area contributed by atoms with Crippen molar-refractivity contribution in [1.29, 1.82) is 0 Å². The molecule has 0 atom stereocenters. The summed E-state index contributed by atoms with van der Waals surface area (Å²) in [5.74, 6) is 0. The van der Waals surface area contributed by atoms with E-state index in [1.807, 2.05) is 11.4 Å². The Kier molecular flexibility index (Phi) is 2.48. The lowest BCUT2D eigenvalue weighted by Gasteiger charge is -2.38. The van der Waals surface area contributed by atoms with Crippen LogP contribution in [-0.4, -0.2) is 9.55 Å². The molecule has 2 aromatic rings. The maximum absolute atomic E-state index is 12.3. The minimum absolute atomic E-state index is 0.0538. The molecule has 0 amide bonds. The van der Waals surface area contributed by atoms with Gasteiger partial charge in [-0.2, -0.15) is 0 Å². The van der Waals surface area contributed by atoms with Crippen molar-refractivity contribution in [2.75, 3.05) is 0 Å². The zero-order valence-electron chi connectivity index (χ0n) is 9.66. The Labute approximate surface area is 108 Å². The van der Waals surface area contributed by atoms with E-state index in [-0.39, 0.29) is 11.0 Å². The third-order valence-electron chi connectivity index (χ3n) is 3.71. The summed E-state index contributed by atoms with van der Waals surface area (Å²) in [4.78, 5) is 16.3. The molecule has 2 aromatic heterocycles. The van der Waals surface area contributed by atoms with Gasteiger partial charge in [-0.1, -0.05) is 13.3 Å². The summed E-state index contributed by atoms with van der Waals surface area (Å²) in [6.07, 6.45) is 3.65. The van der Waals surface area contributed by atoms with Crippen LogP contribution < -0.4 is 5.56 Å². The second kappa shape index (κ2) is 3.78. The molecule has 1 saturated carbocycles. The number of H-pyrrole nitrogens is 1. The fourth-order valence-corrected chi connectivity index (χ4v) is 3.53. The predicted octanol–water partition coefficient (Wildman–Crippen LogP) is 3.31. The normalized spacial score (nSPS) is 18.2. The summed E-state index contributed by atoms with van der Waals surface area (Å²) in [5.41, 5.74) is 0.313. The highest BCUT2D eigenvalue weighted by molar-refractivity contribution is 7.71. The lowest BCUT2D eigenvalue weighted by molar-refractivity contribution is 0.129. The first-order valence-corrected chi connectivity index (χ1v) is 7.08. The molecule has 5 heteroatoms. The molecular weight excluding hydrogens is 252 g/mol. The fourth-order valence-electron chi connectivity index (χ4n) is 2.44. The lowest BCUT2D eigenvalue weighted by atomic mass is 9.70. The van der Waals surface area contributed by atoms with E-state index in [4.69, 9.17) is 12.2 Å². The van der Waals surface area contributed by atoms with Gasteiger partial charge in [0.1, 0.15) is 4.83 Å². The number of nitrogens with zero attached hydrogens (tertiary/aromatic N) is 1. The molecule has 90 valence electrons. The third-order valence-corrected chi connectivity index (χ3v) is 4.86. The molecule has 0 saturated heterocycles. The largest absolute Gasteiger partial charge is 0.323 e. The molecule has 0 radical (unpaired) electrons. The Morgan fingerprint density at radius 1 is 1.59 bits per heavy atom. The molecule has 1 fully saturated rings. The molecule has 0 aliphatic heterocycles. The number of rotatable bonds is 2. The molecule has 17 heavy (non-hydrogen) atoms. The van der Waals surface area contributed by atoms with Crippen molar-refractivity contribution in [3.05, 3.63) is 26.6 Å². The van der Waals surface area contributed by atoms with Crippen LogP contribution in [0.15, 0.2) is 16.2 Å². The maximum atomic E-state index is 12.3. The van der Waals surface area contributed by atoms with Gasteiger partial charge < -0.3 is 4.98 Å². The summed E-state index contributed by atoms with van der Waals surface area (Å²) >= 11 is 6.81. The Morgan fingerprint density at radius 3 is 3.00 bits per heavy atom. The van der Waals surface area contributed by atoms with E-state index in [0.29, 0.717) is 4.77 Å². The molecular formula is C12H14N2OS2. The number of fused-ring (bicyclic) bond motifs is 1. The van der Waals surface area contributed by atoms with Crippen molar-refractivity contribution in [3.8, 4) is 0 Å². The van der Waals surface area contributed by atoms with Crippen LogP contribution in [0.25, 0.3) is 10.2 Å². The second-order valence-electron chi connectivity index (χ2n) is 5.15. The molecule has 3 rings (SSSR count). The van der Waals surface area contributed by atoms with Gasteiger partial charge in [0.25, 0.3) is 5.56 Å². The smallest absolute Gasteiger partial charge is 0.263 e. The molecule has 3 nitrogen and oxygen atoms in total. The average molecular weight is 266 g/mol. The van der Waals surface area contributed by atoms with E-state index in [9.17, 15) is 4.79 Å². The Morgan fingerprint density at radius 2 is 2.35 bits per heavy atom. The molecule has 0 unspecified atom stereocenters. The maximum Gasteiger partial charge on any atom is 0.263 e. The summed E-state index contributed by atoms with van der Waals surface area (Å²) in [6.45, 7) is 2.97. The van der Waals surface area contributed by atoms with E-state index in [0.717, 1.165) is 16.8 Å². The van der Waals surface area contributed by atoms with Gasteiger partial charge in [0.05, 0.1) is 5.39 Å². The fraction of sp³-hybridized carbons (Fsp3) is 0.500. The van der Waals surface area contributed by atoms with Crippen molar-refractivity contribution in [2.24, 2.45) is 5.41 Å². The van der Waals surface area contributed by atoms with Gasteiger partial charge in [-0.05, 0) is 41.9 Å². The van der Waals surface area contributed by atoms with Crippen LogP contribution in [0.5, 0.6) is 0 Å². The average Bonchev–Trinajstić information content (AvgIpc) is 2.69. The number of hydrogen-bond acceptors (Lipinski definition) is 3. The molecule has 1 N–H and O–H groups in total. The van der Waals surface area contributed by atoms with E-state index in [1.165, 1.54) is 30.6 Å². The van der Waals surface area contributed by atoms with Crippen LogP contribution in [0.1, 0.15) is 26.2 Å². The molecule has 0 bridgehead atoms. The minimum atomic E-state index is 0.0538. The standard InChI is InChI=1S/C12H14N2OS2/c1-12(4-2-5-12)7-14-10(15)8-3-6-17-9(8)13-11(14)16/h3,6H,2,4-5,7H2,1H3,(H,13,16). The minimum Gasteiger partial charge on any atom is -0.323 e. The number of thiophene rings is 1. The van der Waals surface area contributed by atoms with Crippen molar-refractivity contribution < 1.29 is 0 Å². The highest BCUT2D eigenvalue weighted by Crippen LogP contribution is 2.41. The van der Waals surface area contributed by atoms with Crippen LogP contribution in [0.4, 0.5) is 0 Å². The van der Waals surface area contributed by atoms with Gasteiger partial charge in [0.2, 0.25) is 0 Å². The van der Waals surface area contributed by atoms with Crippen LogP contribution in [0.2, 0.25) is 0 Å². The zero-order chi connectivity index (χ0) is 12.0. The number of nitrogens with one attached hydrogen (secondary N) is 1. The van der Waals surface area contributed by atoms with Crippen LogP contribution in [-0.2, 0) is 6.54 Å². The first-order chi connectivity index (χ1) is 8.09. The SMILES string of the molecule is CC1(Cn2c(=S)[nH]c3sccc3c2=O)CCC1. The van der Waals surface area contributed by atoms with E-state index >= 15 is 0 Å². The van der Waals surface area contributed by atoms with Gasteiger partial charge in [0.15, 0.2) is 4.77 Å². The van der Waals surface area contributed by atoms with E-state index in [1.54, 1.807) is 4.57 Å². The van der Waals surface area contributed by atoms with Crippen molar-refractivity contribution in [3.63, 3.8) is 0 Å². The lowest BCUT2D eigenvalue weighted by Crippen LogP contribution is -2.35. The van der Waals surface area contributed by atoms with Crippen LogP contribution in [0.3, 0.4) is 0 Å². The highest BCUT2D eigenvalue weighted by Gasteiger charge is 2.32. The summed E-state index contributed by atoms with van der Waals surface area (Å²) < 4.78 is 2.28. The topological polar surface area (TPSA) is 37.8 Å². The molecule has 2 heterocycles. The highest BCUT2D eigenvalue weighted by atomic mass is 32.1. The van der Waals surface area contributed by atoms with Crippen LogP contribution >= 0.6 is 23.6 Å².